The van der Waals surface area contributed by atoms with E-state index >= 15 is 0 Å². The van der Waals surface area contributed by atoms with E-state index in [-0.39, 0.29) is 18.4 Å². The quantitative estimate of drug-likeness (QED) is 0.679. The zero-order valence-electron chi connectivity index (χ0n) is 18.0. The first-order chi connectivity index (χ1) is 14.8. The molecule has 164 valence electrons. The summed E-state index contributed by atoms with van der Waals surface area (Å²) < 4.78 is 5.66. The fourth-order valence-corrected chi connectivity index (χ4v) is 3.49. The van der Waals surface area contributed by atoms with Crippen molar-refractivity contribution in [1.29, 1.82) is 0 Å². The molecule has 2 aromatic rings. The van der Waals surface area contributed by atoms with Crippen molar-refractivity contribution in [1.82, 2.24) is 15.1 Å². The van der Waals surface area contributed by atoms with Gasteiger partial charge in [0.15, 0.2) is 12.1 Å². The first-order valence-corrected chi connectivity index (χ1v) is 10.2. The number of nitrogens with zero attached hydrogens (tertiary/aromatic N) is 2. The van der Waals surface area contributed by atoms with E-state index in [1.807, 2.05) is 49.3 Å². The largest absolute Gasteiger partial charge is 0.438 e. The van der Waals surface area contributed by atoms with Crippen molar-refractivity contribution < 1.29 is 19.1 Å². The van der Waals surface area contributed by atoms with Crippen molar-refractivity contribution in [2.45, 2.75) is 25.6 Å². The lowest BCUT2D eigenvalue weighted by molar-refractivity contribution is -0.126. The Hall–Kier alpha value is -3.39. The lowest BCUT2D eigenvalue weighted by Gasteiger charge is -2.24. The summed E-state index contributed by atoms with van der Waals surface area (Å²) in [6, 6.07) is 15.7. The third-order valence-corrected chi connectivity index (χ3v) is 4.94. The van der Waals surface area contributed by atoms with E-state index in [1.54, 1.807) is 24.3 Å². The van der Waals surface area contributed by atoms with Crippen LogP contribution < -0.4 is 10.6 Å². The summed E-state index contributed by atoms with van der Waals surface area (Å²) in [4.78, 5) is 40.8. The molecule has 0 aliphatic carbocycles. The number of amides is 3. The van der Waals surface area contributed by atoms with Crippen LogP contribution in [0.5, 0.6) is 0 Å². The van der Waals surface area contributed by atoms with Gasteiger partial charge in [0.2, 0.25) is 11.8 Å². The molecule has 1 aliphatic rings. The van der Waals surface area contributed by atoms with Gasteiger partial charge >= 0.3 is 6.09 Å². The van der Waals surface area contributed by atoms with Gasteiger partial charge in [-0.3, -0.25) is 14.5 Å². The number of ether oxygens (including phenoxy) is 1. The maximum Gasteiger partial charge on any atom is 0.411 e. The number of rotatable bonds is 8. The standard InChI is InChI=1S/C23H28N4O4/c1-16(28)25-19-11-7-10-18(14-19)21-20(22(29)24-12-13-26(2)3)27(23(30)31-21)15-17-8-5-4-6-9-17/h4-11,14,20-21H,12-13,15H2,1-3H3,(H,24,29)(H,25,28). The number of anilines is 1. The van der Waals surface area contributed by atoms with Crippen LogP contribution in [0.2, 0.25) is 0 Å². The van der Waals surface area contributed by atoms with Gasteiger partial charge in [0, 0.05) is 25.7 Å². The molecule has 0 spiro atoms. The van der Waals surface area contributed by atoms with E-state index in [0.717, 1.165) is 5.56 Å². The summed E-state index contributed by atoms with van der Waals surface area (Å²) >= 11 is 0. The van der Waals surface area contributed by atoms with Crippen LogP contribution in [0.1, 0.15) is 24.2 Å². The number of carbonyl (C=O) groups is 3. The van der Waals surface area contributed by atoms with E-state index in [0.29, 0.717) is 24.3 Å². The number of benzene rings is 2. The Morgan fingerprint density at radius 3 is 2.52 bits per heavy atom. The van der Waals surface area contributed by atoms with Crippen molar-refractivity contribution in [2.75, 3.05) is 32.5 Å². The molecule has 1 fully saturated rings. The van der Waals surface area contributed by atoms with Gasteiger partial charge in [-0.2, -0.15) is 0 Å². The molecule has 0 bridgehead atoms. The monoisotopic (exact) mass is 424 g/mol. The Bertz CT molecular complexity index is 932. The molecule has 2 atom stereocenters. The van der Waals surface area contributed by atoms with Crippen LogP contribution in [-0.4, -0.2) is 60.9 Å². The molecule has 1 aliphatic heterocycles. The second-order valence-corrected chi connectivity index (χ2v) is 7.76. The van der Waals surface area contributed by atoms with Crippen molar-refractivity contribution in [3.8, 4) is 0 Å². The fraction of sp³-hybridized carbons (Fsp3) is 0.348. The molecule has 2 N–H and O–H groups in total. The molecule has 3 amide bonds. The maximum absolute atomic E-state index is 13.1. The molecular formula is C23H28N4O4. The molecule has 31 heavy (non-hydrogen) atoms. The Morgan fingerprint density at radius 2 is 1.84 bits per heavy atom. The van der Waals surface area contributed by atoms with Gasteiger partial charge in [-0.15, -0.1) is 0 Å². The Morgan fingerprint density at radius 1 is 1.10 bits per heavy atom. The summed E-state index contributed by atoms with van der Waals surface area (Å²) in [7, 11) is 3.85. The molecule has 3 rings (SSSR count). The fourth-order valence-electron chi connectivity index (χ4n) is 3.49. The van der Waals surface area contributed by atoms with Crippen molar-refractivity contribution in [3.63, 3.8) is 0 Å². The lowest BCUT2D eigenvalue weighted by atomic mass is 10.00. The number of nitrogens with one attached hydrogen (secondary N) is 2. The number of hydrogen-bond acceptors (Lipinski definition) is 5. The average molecular weight is 425 g/mol. The van der Waals surface area contributed by atoms with E-state index in [9.17, 15) is 14.4 Å². The number of cyclic esters (lactones) is 1. The van der Waals surface area contributed by atoms with Crippen molar-refractivity contribution >= 4 is 23.6 Å². The third-order valence-electron chi connectivity index (χ3n) is 4.94. The van der Waals surface area contributed by atoms with Gasteiger partial charge in [-0.25, -0.2) is 4.79 Å². The first-order valence-electron chi connectivity index (χ1n) is 10.2. The highest BCUT2D eigenvalue weighted by atomic mass is 16.6. The minimum absolute atomic E-state index is 0.204. The summed E-state index contributed by atoms with van der Waals surface area (Å²) in [6.07, 6.45) is -1.34. The number of carbonyl (C=O) groups excluding carboxylic acids is 3. The third kappa shape index (κ3) is 5.82. The first kappa shape index (κ1) is 22.3. The van der Waals surface area contributed by atoms with E-state index < -0.39 is 18.2 Å². The van der Waals surface area contributed by atoms with Gasteiger partial charge in [0.25, 0.3) is 0 Å². The molecule has 1 heterocycles. The van der Waals surface area contributed by atoms with Gasteiger partial charge in [-0.05, 0) is 37.4 Å². The van der Waals surface area contributed by atoms with Crippen LogP contribution in [0.25, 0.3) is 0 Å². The summed E-state index contributed by atoms with van der Waals surface area (Å²) in [5.74, 6) is -0.484. The SMILES string of the molecule is CC(=O)Nc1cccc(C2OC(=O)N(Cc3ccccc3)C2C(=O)NCCN(C)C)c1. The molecule has 0 saturated carbocycles. The molecule has 8 heteroatoms. The molecular weight excluding hydrogens is 396 g/mol. The zero-order valence-corrected chi connectivity index (χ0v) is 18.0. The minimum atomic E-state index is -0.831. The maximum atomic E-state index is 13.1. The summed E-state index contributed by atoms with van der Waals surface area (Å²) in [5, 5.41) is 5.64. The van der Waals surface area contributed by atoms with Crippen molar-refractivity contribution in [2.24, 2.45) is 0 Å². The topological polar surface area (TPSA) is 91.0 Å². The van der Waals surface area contributed by atoms with E-state index in [4.69, 9.17) is 4.74 Å². The highest BCUT2D eigenvalue weighted by Gasteiger charge is 2.46. The van der Waals surface area contributed by atoms with E-state index in [2.05, 4.69) is 10.6 Å². The molecule has 2 aromatic carbocycles. The molecule has 0 aromatic heterocycles. The van der Waals surface area contributed by atoms with Crippen LogP contribution in [0, 0.1) is 0 Å². The minimum Gasteiger partial charge on any atom is -0.438 e. The molecule has 2 unspecified atom stereocenters. The Balaban J connectivity index is 1.88. The van der Waals surface area contributed by atoms with E-state index in [1.165, 1.54) is 11.8 Å². The zero-order chi connectivity index (χ0) is 22.4. The highest BCUT2D eigenvalue weighted by Crippen LogP contribution is 2.35. The summed E-state index contributed by atoms with van der Waals surface area (Å²) in [5.41, 5.74) is 2.12. The second kappa shape index (κ2) is 10.1. The lowest BCUT2D eigenvalue weighted by Crippen LogP contribution is -2.47. The van der Waals surface area contributed by atoms with Crippen LogP contribution in [0.3, 0.4) is 0 Å². The Kier molecular flexibility index (Phi) is 7.25. The van der Waals surface area contributed by atoms with Crippen LogP contribution in [-0.2, 0) is 20.9 Å². The highest BCUT2D eigenvalue weighted by molar-refractivity contribution is 5.90. The molecule has 1 saturated heterocycles. The molecule has 8 nitrogen and oxygen atoms in total. The van der Waals surface area contributed by atoms with Crippen LogP contribution in [0.15, 0.2) is 54.6 Å². The van der Waals surface area contributed by atoms with Gasteiger partial charge in [0.1, 0.15) is 0 Å². The van der Waals surface area contributed by atoms with Crippen molar-refractivity contribution in [3.05, 3.63) is 65.7 Å². The van der Waals surface area contributed by atoms with Gasteiger partial charge in [-0.1, -0.05) is 42.5 Å². The predicted molar refractivity (Wildman–Crippen MR) is 117 cm³/mol. The summed E-state index contributed by atoms with van der Waals surface area (Å²) in [6.45, 7) is 2.81. The smallest absolute Gasteiger partial charge is 0.411 e. The number of likely N-dealkylation sites (N-methyl/N-ethyl adjacent to an activating group) is 1. The van der Waals surface area contributed by atoms with Gasteiger partial charge in [0.05, 0.1) is 6.54 Å². The Labute approximate surface area is 182 Å². The van der Waals surface area contributed by atoms with Gasteiger partial charge < -0.3 is 20.3 Å². The van der Waals surface area contributed by atoms with Crippen LogP contribution in [0.4, 0.5) is 10.5 Å². The molecule has 0 radical (unpaired) electrons. The normalized spacial score (nSPS) is 18.1. The predicted octanol–water partition coefficient (Wildman–Crippen LogP) is 2.38. The average Bonchev–Trinajstić information content (AvgIpc) is 3.04. The second-order valence-electron chi connectivity index (χ2n) is 7.76. The van der Waals surface area contributed by atoms with Crippen LogP contribution >= 0.6 is 0 Å². The number of hydrogen-bond donors (Lipinski definition) is 2.